The fraction of sp³-hybridized carbons (Fsp3) is 0.435. The number of phenols is 1. The highest BCUT2D eigenvalue weighted by Crippen LogP contribution is 2.23. The molecule has 0 aliphatic carbocycles. The molecule has 1 atom stereocenters. The smallest absolute Gasteiger partial charge is 0.165 e. The van der Waals surface area contributed by atoms with Crippen molar-refractivity contribution in [2.24, 2.45) is 0 Å². The van der Waals surface area contributed by atoms with Crippen molar-refractivity contribution >= 4 is 6.08 Å². The lowest BCUT2D eigenvalue weighted by molar-refractivity contribution is 0.0566. The summed E-state index contributed by atoms with van der Waals surface area (Å²) in [5, 5.41) is 9.26. The zero-order valence-corrected chi connectivity index (χ0v) is 16.3. The molecule has 0 aliphatic rings. The van der Waals surface area contributed by atoms with Gasteiger partial charge in [0.15, 0.2) is 11.6 Å². The Morgan fingerprint density at radius 2 is 2.04 bits per heavy atom. The molecule has 146 valence electrons. The van der Waals surface area contributed by atoms with Crippen molar-refractivity contribution in [3.63, 3.8) is 0 Å². The Bertz CT molecular complexity index is 713. The average Bonchev–Trinajstić information content (AvgIpc) is 2.68. The van der Waals surface area contributed by atoms with Crippen molar-refractivity contribution in [2.75, 3.05) is 6.61 Å². The van der Waals surface area contributed by atoms with Crippen LogP contribution >= 0.6 is 0 Å². The maximum absolute atomic E-state index is 13.4. The highest BCUT2D eigenvalue weighted by molar-refractivity contribution is 5.62. The van der Waals surface area contributed by atoms with E-state index in [1.54, 1.807) is 12.3 Å². The van der Waals surface area contributed by atoms with Crippen molar-refractivity contribution in [2.45, 2.75) is 58.5 Å². The van der Waals surface area contributed by atoms with Gasteiger partial charge in [0.25, 0.3) is 0 Å². The molecule has 1 aromatic heterocycles. The summed E-state index contributed by atoms with van der Waals surface area (Å²) in [6.45, 7) is 5.21. The normalized spacial score (nSPS) is 12.6. The topological polar surface area (TPSA) is 42.4 Å². The summed E-state index contributed by atoms with van der Waals surface area (Å²) >= 11 is 0. The molecule has 2 aromatic rings. The lowest BCUT2D eigenvalue weighted by Crippen LogP contribution is -2.08. The van der Waals surface area contributed by atoms with Gasteiger partial charge in [-0.05, 0) is 62.4 Å². The molecule has 0 bridgehead atoms. The second-order valence-corrected chi connectivity index (χ2v) is 6.86. The Labute approximate surface area is 161 Å². The van der Waals surface area contributed by atoms with Crippen LogP contribution in [0.4, 0.5) is 4.39 Å². The SMILES string of the molecule is CCCCCOC(C)CCC/C=C/c1ccc(-c2ccc(O)c(F)c2)nc1. The molecule has 0 amide bonds. The number of rotatable bonds is 11. The second-order valence-electron chi connectivity index (χ2n) is 6.86. The number of hydrogen-bond acceptors (Lipinski definition) is 3. The first-order valence-corrected chi connectivity index (χ1v) is 9.83. The van der Waals surface area contributed by atoms with Gasteiger partial charge < -0.3 is 9.84 Å². The molecular weight excluding hydrogens is 341 g/mol. The Morgan fingerprint density at radius 1 is 1.19 bits per heavy atom. The zero-order valence-electron chi connectivity index (χ0n) is 16.3. The van der Waals surface area contributed by atoms with E-state index < -0.39 is 5.82 Å². The van der Waals surface area contributed by atoms with Crippen LogP contribution in [0.25, 0.3) is 17.3 Å². The van der Waals surface area contributed by atoms with Gasteiger partial charge in [0.2, 0.25) is 0 Å². The fourth-order valence-electron chi connectivity index (χ4n) is 2.80. The molecule has 4 heteroatoms. The summed E-state index contributed by atoms with van der Waals surface area (Å²) in [5.41, 5.74) is 2.34. The first-order valence-electron chi connectivity index (χ1n) is 9.83. The summed E-state index contributed by atoms with van der Waals surface area (Å²) in [7, 11) is 0. The van der Waals surface area contributed by atoms with Crippen LogP contribution < -0.4 is 0 Å². The van der Waals surface area contributed by atoms with Gasteiger partial charge in [0.1, 0.15) is 0 Å². The van der Waals surface area contributed by atoms with Crippen LogP contribution in [0.3, 0.4) is 0 Å². The van der Waals surface area contributed by atoms with Crippen LogP contribution in [0, 0.1) is 5.82 Å². The number of nitrogens with zero attached hydrogens (tertiary/aromatic N) is 1. The number of halogens is 1. The minimum atomic E-state index is -0.637. The number of aromatic nitrogens is 1. The number of ether oxygens (including phenoxy) is 1. The van der Waals surface area contributed by atoms with E-state index in [2.05, 4.69) is 31.0 Å². The predicted octanol–water partition coefficient (Wildman–Crippen LogP) is 6.37. The molecule has 0 radical (unpaired) electrons. The summed E-state index contributed by atoms with van der Waals surface area (Å²) in [6, 6.07) is 8.11. The third-order valence-corrected chi connectivity index (χ3v) is 4.47. The molecule has 0 spiro atoms. The Kier molecular flexibility index (Phi) is 8.99. The van der Waals surface area contributed by atoms with Gasteiger partial charge in [0, 0.05) is 18.4 Å². The standard InChI is InChI=1S/C23H30FNO2/c1-3-4-8-15-27-18(2)9-6-5-7-10-19-11-13-22(25-17-19)20-12-14-23(26)21(24)16-20/h7,10-14,16-18,26H,3-6,8-9,15H2,1-2H3/b10-7+. The average molecular weight is 371 g/mol. The molecule has 0 saturated heterocycles. The number of phenolic OH excluding ortho intramolecular Hbond substituents is 1. The van der Waals surface area contributed by atoms with Gasteiger partial charge in [-0.1, -0.05) is 38.0 Å². The second kappa shape index (κ2) is 11.5. The molecule has 1 N–H and O–H groups in total. The van der Waals surface area contributed by atoms with Crippen LogP contribution in [0.5, 0.6) is 5.75 Å². The molecule has 1 aromatic carbocycles. The molecule has 0 fully saturated rings. The first-order chi connectivity index (χ1) is 13.1. The summed E-state index contributed by atoms with van der Waals surface area (Å²) in [6.07, 6.45) is 13.1. The van der Waals surface area contributed by atoms with Crippen LogP contribution in [0.2, 0.25) is 0 Å². The molecule has 0 aliphatic heterocycles. The fourth-order valence-corrected chi connectivity index (χ4v) is 2.80. The number of unbranched alkanes of at least 4 members (excludes halogenated alkanes) is 3. The number of pyridine rings is 1. The first kappa shape index (κ1) is 21.1. The molecule has 3 nitrogen and oxygen atoms in total. The highest BCUT2D eigenvalue weighted by Gasteiger charge is 2.05. The van der Waals surface area contributed by atoms with E-state index in [0.717, 1.165) is 37.9 Å². The summed E-state index contributed by atoms with van der Waals surface area (Å²) in [4.78, 5) is 4.38. The van der Waals surface area contributed by atoms with E-state index in [1.807, 2.05) is 12.1 Å². The Morgan fingerprint density at radius 3 is 2.74 bits per heavy atom. The van der Waals surface area contributed by atoms with Crippen molar-refractivity contribution in [3.05, 3.63) is 54.0 Å². The zero-order chi connectivity index (χ0) is 19.5. The van der Waals surface area contributed by atoms with Gasteiger partial charge >= 0.3 is 0 Å². The van der Waals surface area contributed by atoms with Crippen LogP contribution in [0.15, 0.2) is 42.6 Å². The van der Waals surface area contributed by atoms with E-state index in [9.17, 15) is 9.50 Å². The minimum absolute atomic E-state index is 0.321. The van der Waals surface area contributed by atoms with Gasteiger partial charge in [-0.25, -0.2) is 4.39 Å². The van der Waals surface area contributed by atoms with E-state index in [-0.39, 0.29) is 5.75 Å². The van der Waals surface area contributed by atoms with Crippen molar-refractivity contribution < 1.29 is 14.2 Å². The van der Waals surface area contributed by atoms with Gasteiger partial charge in [-0.15, -0.1) is 0 Å². The molecule has 1 heterocycles. The van der Waals surface area contributed by atoms with Gasteiger partial charge in [-0.3, -0.25) is 4.98 Å². The number of benzene rings is 1. The Balaban J connectivity index is 1.73. The monoisotopic (exact) mass is 371 g/mol. The summed E-state index contributed by atoms with van der Waals surface area (Å²) < 4.78 is 19.2. The lowest BCUT2D eigenvalue weighted by Gasteiger charge is -2.11. The van der Waals surface area contributed by atoms with Crippen LogP contribution in [-0.4, -0.2) is 22.8 Å². The predicted molar refractivity (Wildman–Crippen MR) is 109 cm³/mol. The quantitative estimate of drug-likeness (QED) is 0.467. The largest absolute Gasteiger partial charge is 0.505 e. The van der Waals surface area contributed by atoms with Gasteiger partial charge in [-0.2, -0.15) is 0 Å². The third kappa shape index (κ3) is 7.51. The molecule has 27 heavy (non-hydrogen) atoms. The van der Waals surface area contributed by atoms with Crippen molar-refractivity contribution in [1.82, 2.24) is 4.98 Å². The van der Waals surface area contributed by atoms with Gasteiger partial charge in [0.05, 0.1) is 11.8 Å². The maximum Gasteiger partial charge on any atom is 0.165 e. The number of hydrogen-bond donors (Lipinski definition) is 1. The van der Waals surface area contributed by atoms with Crippen molar-refractivity contribution in [3.8, 4) is 17.0 Å². The van der Waals surface area contributed by atoms with Crippen LogP contribution in [0.1, 0.15) is 57.9 Å². The number of allylic oxidation sites excluding steroid dienone is 1. The highest BCUT2D eigenvalue weighted by atomic mass is 19.1. The Hall–Kier alpha value is -2.20. The van der Waals surface area contributed by atoms with E-state index in [0.29, 0.717) is 17.4 Å². The molecule has 1 unspecified atom stereocenters. The molecule has 0 saturated carbocycles. The minimum Gasteiger partial charge on any atom is -0.505 e. The summed E-state index contributed by atoms with van der Waals surface area (Å²) in [5.74, 6) is -0.985. The lowest BCUT2D eigenvalue weighted by atomic mass is 10.1. The van der Waals surface area contributed by atoms with E-state index in [4.69, 9.17) is 4.74 Å². The van der Waals surface area contributed by atoms with Crippen molar-refractivity contribution in [1.29, 1.82) is 0 Å². The molecular formula is C23H30FNO2. The van der Waals surface area contributed by atoms with Crippen LogP contribution in [-0.2, 0) is 4.74 Å². The third-order valence-electron chi connectivity index (χ3n) is 4.47. The van der Waals surface area contributed by atoms with E-state index in [1.165, 1.54) is 25.0 Å². The maximum atomic E-state index is 13.4. The number of aromatic hydroxyl groups is 1. The molecule has 2 rings (SSSR count). The van der Waals surface area contributed by atoms with E-state index >= 15 is 0 Å².